The molecule has 3 aliphatic rings. The summed E-state index contributed by atoms with van der Waals surface area (Å²) < 4.78 is 16.9. The van der Waals surface area contributed by atoms with Crippen LogP contribution in [0.15, 0.2) is 109 Å². The van der Waals surface area contributed by atoms with Gasteiger partial charge in [0.2, 0.25) is 0 Å². The Morgan fingerprint density at radius 3 is 1.96 bits per heavy atom. The molecule has 0 radical (unpaired) electrons. The van der Waals surface area contributed by atoms with Crippen molar-refractivity contribution >= 4 is 34.4 Å². The van der Waals surface area contributed by atoms with Crippen molar-refractivity contribution in [1.82, 2.24) is 24.7 Å². The van der Waals surface area contributed by atoms with E-state index in [1.165, 1.54) is 18.5 Å². The van der Waals surface area contributed by atoms with E-state index in [0.717, 1.165) is 42.4 Å². The van der Waals surface area contributed by atoms with Crippen LogP contribution in [-0.4, -0.2) is 41.9 Å². The maximum Gasteiger partial charge on any atom is 0.308 e. The van der Waals surface area contributed by atoms with E-state index >= 15 is 4.39 Å². The van der Waals surface area contributed by atoms with Crippen LogP contribution in [0.2, 0.25) is 5.02 Å². The summed E-state index contributed by atoms with van der Waals surface area (Å²) in [4.78, 5) is 26.4. The average Bonchev–Trinajstić information content (AvgIpc) is 3.50. The van der Waals surface area contributed by atoms with E-state index in [1.54, 1.807) is 0 Å². The second-order valence-corrected chi connectivity index (χ2v) is 13.1. The molecule has 9 rings (SSSR count). The minimum atomic E-state index is -1.02. The van der Waals surface area contributed by atoms with E-state index in [2.05, 4.69) is 15.3 Å². The zero-order chi connectivity index (χ0) is 32.8. The minimum absolute atomic E-state index is 0.112. The van der Waals surface area contributed by atoms with E-state index in [1.807, 2.05) is 95.7 Å². The summed E-state index contributed by atoms with van der Waals surface area (Å²) in [6, 6.07) is 31.2. The van der Waals surface area contributed by atoms with Gasteiger partial charge in [0.15, 0.2) is 11.5 Å². The van der Waals surface area contributed by atoms with Crippen LogP contribution in [0.1, 0.15) is 42.4 Å². The summed E-state index contributed by atoms with van der Waals surface area (Å²) in [7, 11) is 0. The second kappa shape index (κ2) is 12.1. The van der Waals surface area contributed by atoms with Gasteiger partial charge in [-0.15, -0.1) is 0 Å². The number of nitrogens with zero attached hydrogens (tertiary/aromatic N) is 5. The molecule has 10 heteroatoms. The van der Waals surface area contributed by atoms with Gasteiger partial charge in [-0.2, -0.15) is 5.10 Å². The van der Waals surface area contributed by atoms with Crippen LogP contribution in [0.3, 0.4) is 0 Å². The largest absolute Gasteiger partial charge is 0.481 e. The highest BCUT2D eigenvalue weighted by Gasteiger charge is 2.48. The third kappa shape index (κ3) is 4.92. The lowest BCUT2D eigenvalue weighted by atomic mass is 9.61. The molecule has 0 spiro atoms. The maximum atomic E-state index is 15.0. The number of pyridine rings is 1. The first-order valence-corrected chi connectivity index (χ1v) is 16.6. The van der Waals surface area contributed by atoms with E-state index in [0.29, 0.717) is 22.5 Å². The predicted octanol–water partition coefficient (Wildman–Crippen LogP) is 7.82. The van der Waals surface area contributed by atoms with Crippen LogP contribution in [0.5, 0.6) is 0 Å². The lowest BCUT2D eigenvalue weighted by Crippen LogP contribution is -2.51. The number of carbonyl (C=O) groups is 1. The van der Waals surface area contributed by atoms with E-state index < -0.39 is 23.2 Å². The third-order valence-corrected chi connectivity index (χ3v) is 10.4. The Bertz CT molecular complexity index is 2010. The van der Waals surface area contributed by atoms with Crippen molar-refractivity contribution < 1.29 is 14.3 Å². The van der Waals surface area contributed by atoms with Crippen LogP contribution in [0.25, 0.3) is 22.6 Å². The number of hydrogen-bond donors (Lipinski definition) is 2. The molecular formula is C38H32ClFN6O2. The quantitative estimate of drug-likeness (QED) is 0.161. The molecule has 3 fully saturated rings. The van der Waals surface area contributed by atoms with Crippen LogP contribution in [-0.2, 0) is 10.3 Å². The van der Waals surface area contributed by atoms with Crippen LogP contribution in [0.4, 0.5) is 10.2 Å². The molecule has 2 unspecified atom stereocenters. The number of nitrogens with one attached hydrogen (secondary N) is 1. The molecule has 0 saturated heterocycles. The van der Waals surface area contributed by atoms with Gasteiger partial charge in [0.25, 0.3) is 0 Å². The predicted molar refractivity (Wildman–Crippen MR) is 182 cm³/mol. The molecule has 3 aromatic carbocycles. The van der Waals surface area contributed by atoms with Crippen molar-refractivity contribution in [2.75, 3.05) is 5.32 Å². The molecule has 3 saturated carbocycles. The first kappa shape index (κ1) is 30.2. The van der Waals surface area contributed by atoms with Gasteiger partial charge in [-0.3, -0.25) is 4.79 Å². The number of halogens is 2. The first-order chi connectivity index (χ1) is 23.4. The molecule has 2 bridgehead atoms. The van der Waals surface area contributed by atoms with Gasteiger partial charge in [0.1, 0.15) is 27.9 Å². The highest BCUT2D eigenvalue weighted by atomic mass is 35.5. The zero-order valence-corrected chi connectivity index (χ0v) is 26.6. The monoisotopic (exact) mass is 658 g/mol. The molecule has 3 aromatic heterocycles. The normalized spacial score (nSPS) is 20.5. The summed E-state index contributed by atoms with van der Waals surface area (Å²) in [5.41, 5.74) is 2.52. The fourth-order valence-corrected chi connectivity index (χ4v) is 8.18. The summed E-state index contributed by atoms with van der Waals surface area (Å²) in [6.45, 7) is 0. The van der Waals surface area contributed by atoms with Crippen molar-refractivity contribution in [3.05, 3.63) is 137 Å². The smallest absolute Gasteiger partial charge is 0.308 e. The van der Waals surface area contributed by atoms with Crippen molar-refractivity contribution in [2.24, 2.45) is 17.8 Å². The van der Waals surface area contributed by atoms with Gasteiger partial charge >= 0.3 is 5.97 Å². The lowest BCUT2D eigenvalue weighted by molar-refractivity contribution is -0.148. The third-order valence-electron chi connectivity index (χ3n) is 10.1. The molecule has 48 heavy (non-hydrogen) atoms. The molecule has 3 heterocycles. The maximum absolute atomic E-state index is 15.0. The zero-order valence-electron chi connectivity index (χ0n) is 25.9. The van der Waals surface area contributed by atoms with Crippen molar-refractivity contribution in [2.45, 2.75) is 37.3 Å². The summed E-state index contributed by atoms with van der Waals surface area (Å²) >= 11 is 6.66. The van der Waals surface area contributed by atoms with E-state index in [4.69, 9.17) is 21.7 Å². The standard InChI is InChI=1S/C38H32ClFN6O2/c39-30-22-41-35(44-34(30)43-32-24-18-16-23(17-19-24)31(32)37(47)48)33-29-20-28(40)21-42-36(29)46(45-33)38(25-10-4-1-5-11-25,26-12-6-2-7-13-26)27-14-8-3-9-15-27/h1-15,20-24,31-32H,16-19H2,(H,47,48)(H,41,43,44). The highest BCUT2D eigenvalue weighted by molar-refractivity contribution is 6.32. The van der Waals surface area contributed by atoms with Crippen LogP contribution in [0, 0.1) is 23.6 Å². The molecule has 3 aliphatic carbocycles. The number of fused-ring (bicyclic) bond motifs is 4. The van der Waals surface area contributed by atoms with Crippen LogP contribution >= 0.6 is 11.6 Å². The number of aliphatic carboxylic acids is 1. The fraction of sp³-hybridized carbons (Fsp3) is 0.237. The average molecular weight is 659 g/mol. The summed E-state index contributed by atoms with van der Waals surface area (Å²) in [5.74, 6) is -1.01. The van der Waals surface area contributed by atoms with E-state index in [-0.39, 0.29) is 28.7 Å². The van der Waals surface area contributed by atoms with Gasteiger partial charge in [-0.1, -0.05) is 103 Å². The number of carboxylic acids is 1. The van der Waals surface area contributed by atoms with Crippen molar-refractivity contribution in [1.29, 1.82) is 0 Å². The molecule has 2 atom stereocenters. The number of benzene rings is 3. The fourth-order valence-electron chi connectivity index (χ4n) is 8.03. The Morgan fingerprint density at radius 2 is 1.40 bits per heavy atom. The molecule has 8 nitrogen and oxygen atoms in total. The number of hydrogen-bond acceptors (Lipinski definition) is 6. The Morgan fingerprint density at radius 1 is 0.833 bits per heavy atom. The molecule has 0 aliphatic heterocycles. The van der Waals surface area contributed by atoms with Crippen LogP contribution < -0.4 is 5.32 Å². The van der Waals surface area contributed by atoms with Gasteiger partial charge in [0, 0.05) is 6.04 Å². The molecule has 6 aromatic rings. The van der Waals surface area contributed by atoms with Gasteiger partial charge in [0.05, 0.1) is 23.7 Å². The number of carboxylic acid groups (broad SMARTS) is 1. The topological polar surface area (TPSA) is 106 Å². The first-order valence-electron chi connectivity index (χ1n) is 16.2. The second-order valence-electron chi connectivity index (χ2n) is 12.7. The summed E-state index contributed by atoms with van der Waals surface area (Å²) in [5, 5.41) is 19.5. The minimum Gasteiger partial charge on any atom is -0.481 e. The Kier molecular flexibility index (Phi) is 7.64. The van der Waals surface area contributed by atoms with Gasteiger partial charge in [-0.25, -0.2) is 24.0 Å². The van der Waals surface area contributed by atoms with Gasteiger partial charge in [-0.05, 0) is 60.3 Å². The van der Waals surface area contributed by atoms with Crippen molar-refractivity contribution in [3.8, 4) is 11.5 Å². The molecule has 240 valence electrons. The highest BCUT2D eigenvalue weighted by Crippen LogP contribution is 2.47. The van der Waals surface area contributed by atoms with Gasteiger partial charge < -0.3 is 10.4 Å². The number of rotatable bonds is 8. The molecule has 2 N–H and O–H groups in total. The Labute approximate surface area is 281 Å². The Hall–Kier alpha value is -5.15. The summed E-state index contributed by atoms with van der Waals surface area (Å²) in [6.07, 6.45) is 6.42. The number of aromatic nitrogens is 5. The van der Waals surface area contributed by atoms with Crippen molar-refractivity contribution in [3.63, 3.8) is 0 Å². The van der Waals surface area contributed by atoms with E-state index in [9.17, 15) is 9.90 Å². The SMILES string of the molecule is O=C(O)C1C2CCC(CC2)C1Nc1nc(-c2nn(C(c3ccccc3)(c3ccccc3)c3ccccc3)c3ncc(F)cc23)ncc1Cl. The molecule has 0 amide bonds. The lowest BCUT2D eigenvalue weighted by Gasteiger charge is -2.47. The molecular weight excluding hydrogens is 627 g/mol. The number of anilines is 1. The Balaban J connectivity index is 1.34.